The van der Waals surface area contributed by atoms with Gasteiger partial charge in [0.1, 0.15) is 12.4 Å². The van der Waals surface area contributed by atoms with Gasteiger partial charge in [0.2, 0.25) is 10.0 Å². The van der Waals surface area contributed by atoms with Crippen LogP contribution in [-0.2, 0) is 20.6 Å². The van der Waals surface area contributed by atoms with Gasteiger partial charge in [0.25, 0.3) is 0 Å². The van der Waals surface area contributed by atoms with Gasteiger partial charge in [-0.2, -0.15) is 4.31 Å². The molecule has 1 aromatic rings. The van der Waals surface area contributed by atoms with Crippen LogP contribution in [0.5, 0.6) is 0 Å². The highest BCUT2D eigenvalue weighted by Gasteiger charge is 2.23. The first kappa shape index (κ1) is 15.3. The monoisotopic (exact) mass is 287 g/mol. The quantitative estimate of drug-likeness (QED) is 0.765. The highest BCUT2D eigenvalue weighted by molar-refractivity contribution is 7.88. The number of carboxylic acid groups (broad SMARTS) is 1. The predicted octanol–water partition coefficient (Wildman–Crippen LogP) is 1.23. The van der Waals surface area contributed by atoms with Crippen LogP contribution in [-0.4, -0.2) is 36.9 Å². The minimum atomic E-state index is -3.79. The van der Waals surface area contributed by atoms with Gasteiger partial charge < -0.3 is 5.11 Å². The lowest BCUT2D eigenvalue weighted by molar-refractivity contribution is -0.137. The average molecular weight is 287 g/mol. The van der Waals surface area contributed by atoms with Gasteiger partial charge in [-0.05, 0) is 17.7 Å². The van der Waals surface area contributed by atoms with Crippen LogP contribution in [0.25, 0.3) is 0 Å². The zero-order valence-corrected chi connectivity index (χ0v) is 10.9. The molecule has 104 valence electrons. The van der Waals surface area contributed by atoms with Crippen LogP contribution in [0.15, 0.2) is 36.9 Å². The molecule has 0 fully saturated rings. The Morgan fingerprint density at radius 1 is 1.37 bits per heavy atom. The van der Waals surface area contributed by atoms with Gasteiger partial charge in [-0.25, -0.2) is 12.8 Å². The number of nitrogens with zero attached hydrogens (tertiary/aromatic N) is 1. The number of hydrogen-bond donors (Lipinski definition) is 1. The lowest BCUT2D eigenvalue weighted by atomic mass is 10.2. The van der Waals surface area contributed by atoms with E-state index in [1.807, 2.05) is 0 Å². The summed E-state index contributed by atoms with van der Waals surface area (Å²) in [5, 5.41) is 8.69. The largest absolute Gasteiger partial charge is 0.480 e. The van der Waals surface area contributed by atoms with Gasteiger partial charge in [0.15, 0.2) is 0 Å². The van der Waals surface area contributed by atoms with Gasteiger partial charge in [-0.1, -0.05) is 18.2 Å². The van der Waals surface area contributed by atoms with Crippen LogP contribution < -0.4 is 0 Å². The van der Waals surface area contributed by atoms with Crippen molar-refractivity contribution in [1.29, 1.82) is 0 Å². The summed E-state index contributed by atoms with van der Waals surface area (Å²) >= 11 is 0. The van der Waals surface area contributed by atoms with E-state index in [1.165, 1.54) is 18.2 Å². The molecule has 0 radical (unpaired) electrons. The molecule has 0 aliphatic heterocycles. The maximum atomic E-state index is 12.7. The Morgan fingerprint density at radius 3 is 2.42 bits per heavy atom. The number of carbonyl (C=O) groups is 1. The molecular formula is C12H14FNO4S. The summed E-state index contributed by atoms with van der Waals surface area (Å²) in [6.45, 7) is 2.67. The van der Waals surface area contributed by atoms with Crippen LogP contribution in [0.3, 0.4) is 0 Å². The Bertz CT molecular complexity index is 554. The topological polar surface area (TPSA) is 74.7 Å². The molecule has 0 saturated carbocycles. The zero-order valence-electron chi connectivity index (χ0n) is 10.1. The van der Waals surface area contributed by atoms with Crippen molar-refractivity contribution in [2.45, 2.75) is 5.75 Å². The Labute approximate surface area is 111 Å². The van der Waals surface area contributed by atoms with Crippen LogP contribution in [0.4, 0.5) is 4.39 Å². The normalized spacial score (nSPS) is 11.5. The van der Waals surface area contributed by atoms with Gasteiger partial charge in [-0.3, -0.25) is 4.79 Å². The fourth-order valence-corrected chi connectivity index (χ4v) is 2.89. The van der Waals surface area contributed by atoms with E-state index >= 15 is 0 Å². The summed E-state index contributed by atoms with van der Waals surface area (Å²) in [6.07, 6.45) is 1.31. The maximum Gasteiger partial charge on any atom is 0.318 e. The predicted molar refractivity (Wildman–Crippen MR) is 68.4 cm³/mol. The fourth-order valence-electron chi connectivity index (χ4n) is 1.45. The Kier molecular flexibility index (Phi) is 5.20. The molecule has 1 N–H and O–H groups in total. The summed E-state index contributed by atoms with van der Waals surface area (Å²) in [5.41, 5.74) is 0.390. The van der Waals surface area contributed by atoms with Crippen molar-refractivity contribution >= 4 is 16.0 Å². The van der Waals surface area contributed by atoms with E-state index in [9.17, 15) is 17.6 Å². The Hall–Kier alpha value is -1.73. The smallest absolute Gasteiger partial charge is 0.318 e. The van der Waals surface area contributed by atoms with Crippen LogP contribution in [0.2, 0.25) is 0 Å². The van der Waals surface area contributed by atoms with E-state index in [-0.39, 0.29) is 12.3 Å². The minimum Gasteiger partial charge on any atom is -0.480 e. The number of hydrogen-bond acceptors (Lipinski definition) is 3. The van der Waals surface area contributed by atoms with E-state index in [2.05, 4.69) is 6.58 Å². The second-order valence-electron chi connectivity index (χ2n) is 3.86. The molecule has 0 spiro atoms. The fraction of sp³-hybridized carbons (Fsp3) is 0.250. The lowest BCUT2D eigenvalue weighted by Crippen LogP contribution is -2.36. The standard InChI is InChI=1S/C12H14FNO4S/c1-2-7-14(8-12(15)16)19(17,18)9-10-3-5-11(13)6-4-10/h2-6H,1,7-9H2,(H,15,16). The van der Waals surface area contributed by atoms with Gasteiger partial charge in [0.05, 0.1) is 5.75 Å². The molecule has 0 aromatic heterocycles. The van der Waals surface area contributed by atoms with Crippen molar-refractivity contribution in [2.75, 3.05) is 13.1 Å². The number of benzene rings is 1. The number of aliphatic carboxylic acids is 1. The molecule has 0 atom stereocenters. The summed E-state index contributed by atoms with van der Waals surface area (Å²) in [4.78, 5) is 10.6. The Morgan fingerprint density at radius 2 is 1.95 bits per heavy atom. The van der Waals surface area contributed by atoms with E-state index in [1.54, 1.807) is 0 Å². The second kappa shape index (κ2) is 6.44. The van der Waals surface area contributed by atoms with Crippen molar-refractivity contribution < 1.29 is 22.7 Å². The average Bonchev–Trinajstić information content (AvgIpc) is 2.31. The molecule has 1 rings (SSSR count). The van der Waals surface area contributed by atoms with E-state index < -0.39 is 28.4 Å². The first-order valence-electron chi connectivity index (χ1n) is 5.40. The van der Waals surface area contributed by atoms with Gasteiger partial charge in [-0.15, -0.1) is 6.58 Å². The number of carboxylic acids is 1. The molecule has 1 aromatic carbocycles. The third-order valence-corrected chi connectivity index (χ3v) is 4.06. The van der Waals surface area contributed by atoms with Crippen molar-refractivity contribution in [3.8, 4) is 0 Å². The molecule has 7 heteroatoms. The minimum absolute atomic E-state index is 0.0875. The molecule has 0 heterocycles. The summed E-state index contributed by atoms with van der Waals surface area (Å²) in [7, 11) is -3.79. The number of sulfonamides is 1. The van der Waals surface area contributed by atoms with Crippen molar-refractivity contribution in [2.24, 2.45) is 0 Å². The summed E-state index contributed by atoms with van der Waals surface area (Å²) < 4.78 is 37.6. The molecule has 0 saturated heterocycles. The van der Waals surface area contributed by atoms with Gasteiger partial charge >= 0.3 is 5.97 Å². The van der Waals surface area contributed by atoms with Crippen molar-refractivity contribution in [3.63, 3.8) is 0 Å². The SMILES string of the molecule is C=CCN(CC(=O)O)S(=O)(=O)Cc1ccc(F)cc1. The molecule has 0 amide bonds. The van der Waals surface area contributed by atoms with E-state index in [0.717, 1.165) is 16.4 Å². The molecular weight excluding hydrogens is 273 g/mol. The summed E-state index contributed by atoms with van der Waals surface area (Å²) in [5.74, 6) is -2.09. The van der Waals surface area contributed by atoms with Crippen molar-refractivity contribution in [1.82, 2.24) is 4.31 Å². The first-order valence-corrected chi connectivity index (χ1v) is 7.01. The highest BCUT2D eigenvalue weighted by Crippen LogP contribution is 2.11. The first-order chi connectivity index (χ1) is 8.85. The number of halogens is 1. The molecule has 0 aliphatic rings. The molecule has 5 nitrogen and oxygen atoms in total. The maximum absolute atomic E-state index is 12.7. The van der Waals surface area contributed by atoms with Crippen molar-refractivity contribution in [3.05, 3.63) is 48.3 Å². The second-order valence-corrected chi connectivity index (χ2v) is 5.83. The third-order valence-electron chi connectivity index (χ3n) is 2.30. The number of rotatable bonds is 7. The molecule has 0 bridgehead atoms. The highest BCUT2D eigenvalue weighted by atomic mass is 32.2. The third kappa shape index (κ3) is 4.80. The van der Waals surface area contributed by atoms with E-state index in [4.69, 9.17) is 5.11 Å². The van der Waals surface area contributed by atoms with Crippen LogP contribution in [0, 0.1) is 5.82 Å². The van der Waals surface area contributed by atoms with Crippen LogP contribution in [0.1, 0.15) is 5.56 Å². The summed E-state index contributed by atoms with van der Waals surface area (Å²) in [6, 6.07) is 5.00. The molecule has 0 aliphatic carbocycles. The van der Waals surface area contributed by atoms with Crippen LogP contribution >= 0.6 is 0 Å². The van der Waals surface area contributed by atoms with E-state index in [0.29, 0.717) is 5.56 Å². The Balaban J connectivity index is 2.90. The lowest BCUT2D eigenvalue weighted by Gasteiger charge is -2.18. The molecule has 19 heavy (non-hydrogen) atoms. The van der Waals surface area contributed by atoms with Gasteiger partial charge in [0, 0.05) is 6.54 Å². The molecule has 0 unspecified atom stereocenters. The zero-order chi connectivity index (χ0) is 14.5.